The van der Waals surface area contributed by atoms with Gasteiger partial charge in [-0.05, 0) is 36.8 Å². The summed E-state index contributed by atoms with van der Waals surface area (Å²) in [5.74, 6) is 0.710. The highest BCUT2D eigenvalue weighted by Gasteiger charge is 2.10. The van der Waals surface area contributed by atoms with Crippen molar-refractivity contribution in [2.24, 2.45) is 0 Å². The van der Waals surface area contributed by atoms with Gasteiger partial charge in [-0.2, -0.15) is 5.26 Å². The van der Waals surface area contributed by atoms with E-state index in [4.69, 9.17) is 5.26 Å². The van der Waals surface area contributed by atoms with Gasteiger partial charge in [0.25, 0.3) is 5.91 Å². The van der Waals surface area contributed by atoms with Crippen LogP contribution in [0.5, 0.6) is 0 Å². The van der Waals surface area contributed by atoms with E-state index in [2.05, 4.69) is 15.1 Å². The van der Waals surface area contributed by atoms with Crippen molar-refractivity contribution in [2.75, 3.05) is 25.5 Å². The maximum Gasteiger partial charge on any atom is 0.253 e. The molecule has 23 heavy (non-hydrogen) atoms. The largest absolute Gasteiger partial charge is 0.351 e. The first-order valence-corrected chi connectivity index (χ1v) is 7.34. The molecule has 0 N–H and O–H groups in total. The van der Waals surface area contributed by atoms with Crippen molar-refractivity contribution in [1.29, 1.82) is 5.26 Å². The number of nitriles is 1. The fourth-order valence-electron chi connectivity index (χ4n) is 2.14. The molecule has 0 saturated carbocycles. The van der Waals surface area contributed by atoms with Gasteiger partial charge >= 0.3 is 0 Å². The minimum Gasteiger partial charge on any atom is -0.351 e. The third kappa shape index (κ3) is 4.04. The first-order chi connectivity index (χ1) is 11.0. The molecule has 0 fully saturated rings. The van der Waals surface area contributed by atoms with Gasteiger partial charge in [0.1, 0.15) is 6.07 Å². The number of aromatic nitrogens is 2. The number of rotatable bonds is 5. The lowest BCUT2D eigenvalue weighted by molar-refractivity contribution is 0.0827. The summed E-state index contributed by atoms with van der Waals surface area (Å²) in [7, 11) is 3.47. The average Bonchev–Trinajstić information content (AvgIpc) is 2.59. The zero-order valence-electron chi connectivity index (χ0n) is 13.5. The molecule has 1 aromatic heterocycles. The van der Waals surface area contributed by atoms with Gasteiger partial charge in [0.15, 0.2) is 11.5 Å². The molecular weight excluding hydrogens is 290 g/mol. The molecule has 6 heteroatoms. The minimum absolute atomic E-state index is 0.0122. The van der Waals surface area contributed by atoms with Crippen LogP contribution in [0.1, 0.15) is 28.5 Å². The number of carbonyl (C=O) groups excluding carboxylic acids is 1. The lowest BCUT2D eigenvalue weighted by Gasteiger charge is -2.21. The van der Waals surface area contributed by atoms with Crippen LogP contribution in [0.2, 0.25) is 0 Å². The van der Waals surface area contributed by atoms with Crippen LogP contribution in [0, 0.1) is 11.3 Å². The number of amides is 1. The molecule has 2 rings (SSSR count). The fourth-order valence-corrected chi connectivity index (χ4v) is 2.14. The van der Waals surface area contributed by atoms with E-state index in [1.165, 1.54) is 0 Å². The van der Waals surface area contributed by atoms with Gasteiger partial charge in [0.05, 0.1) is 0 Å². The van der Waals surface area contributed by atoms with Crippen LogP contribution < -0.4 is 4.90 Å². The van der Waals surface area contributed by atoms with Crippen molar-refractivity contribution in [3.05, 3.63) is 53.2 Å². The maximum absolute atomic E-state index is 11.9. The van der Waals surface area contributed by atoms with Crippen molar-refractivity contribution in [3.8, 4) is 6.07 Å². The molecule has 0 aliphatic carbocycles. The van der Waals surface area contributed by atoms with E-state index in [1.807, 2.05) is 37.3 Å². The van der Waals surface area contributed by atoms with Gasteiger partial charge in [0.2, 0.25) is 0 Å². The molecule has 2 aromatic rings. The zero-order valence-corrected chi connectivity index (χ0v) is 13.5. The second-order valence-electron chi connectivity index (χ2n) is 5.30. The molecule has 0 bridgehead atoms. The average molecular weight is 309 g/mol. The number of hydrogen-bond acceptors (Lipinski definition) is 5. The summed E-state index contributed by atoms with van der Waals surface area (Å²) in [5, 5.41) is 16.7. The molecule has 1 heterocycles. The second kappa shape index (κ2) is 7.36. The Morgan fingerprint density at radius 1 is 1.13 bits per heavy atom. The monoisotopic (exact) mass is 309 g/mol. The summed E-state index contributed by atoms with van der Waals surface area (Å²) in [5.41, 5.74) is 2.05. The summed E-state index contributed by atoms with van der Waals surface area (Å²) >= 11 is 0. The van der Waals surface area contributed by atoms with E-state index in [-0.39, 0.29) is 5.91 Å². The van der Waals surface area contributed by atoms with E-state index >= 15 is 0 Å². The van der Waals surface area contributed by atoms with Crippen molar-refractivity contribution in [1.82, 2.24) is 15.1 Å². The van der Waals surface area contributed by atoms with Crippen molar-refractivity contribution >= 4 is 11.7 Å². The van der Waals surface area contributed by atoms with Gasteiger partial charge in [-0.25, -0.2) is 0 Å². The molecule has 1 aromatic carbocycles. The highest BCUT2D eigenvalue weighted by Crippen LogP contribution is 2.15. The molecule has 6 nitrogen and oxygen atoms in total. The Bertz CT molecular complexity index is 701. The van der Waals surface area contributed by atoms with E-state index in [1.54, 1.807) is 31.1 Å². The van der Waals surface area contributed by atoms with Gasteiger partial charge in [0, 0.05) is 32.7 Å². The Balaban J connectivity index is 2.12. The summed E-state index contributed by atoms with van der Waals surface area (Å²) in [6, 6.07) is 12.9. The molecule has 0 saturated heterocycles. The molecule has 0 aliphatic rings. The van der Waals surface area contributed by atoms with Crippen LogP contribution in [-0.4, -0.2) is 41.6 Å². The number of hydrogen-bond donors (Lipinski definition) is 0. The number of nitrogens with zero attached hydrogens (tertiary/aromatic N) is 5. The van der Waals surface area contributed by atoms with Crippen LogP contribution in [0.25, 0.3) is 0 Å². The SMILES string of the molecule is CCN(Cc1ccc(C(=O)N(C)C)cc1)c1ccc(C#N)nn1. The fraction of sp³-hybridized carbons (Fsp3) is 0.294. The van der Waals surface area contributed by atoms with Crippen molar-refractivity contribution in [2.45, 2.75) is 13.5 Å². The van der Waals surface area contributed by atoms with Gasteiger partial charge < -0.3 is 9.80 Å². The third-order valence-corrected chi connectivity index (χ3v) is 3.45. The Hall–Kier alpha value is -2.94. The molecular formula is C17H19N5O. The summed E-state index contributed by atoms with van der Waals surface area (Å²) < 4.78 is 0. The van der Waals surface area contributed by atoms with Gasteiger partial charge in [-0.1, -0.05) is 12.1 Å². The Labute approximate surface area is 136 Å². The highest BCUT2D eigenvalue weighted by atomic mass is 16.2. The van der Waals surface area contributed by atoms with E-state index in [9.17, 15) is 4.79 Å². The van der Waals surface area contributed by atoms with Crippen molar-refractivity contribution in [3.63, 3.8) is 0 Å². The minimum atomic E-state index is -0.0122. The first kappa shape index (κ1) is 16.4. The third-order valence-electron chi connectivity index (χ3n) is 3.45. The maximum atomic E-state index is 11.9. The predicted molar refractivity (Wildman–Crippen MR) is 87.9 cm³/mol. The Morgan fingerprint density at radius 2 is 1.83 bits per heavy atom. The van der Waals surface area contributed by atoms with Crippen LogP contribution in [0.3, 0.4) is 0 Å². The van der Waals surface area contributed by atoms with E-state index in [0.29, 0.717) is 17.8 Å². The molecule has 0 aliphatic heterocycles. The van der Waals surface area contributed by atoms with Crippen molar-refractivity contribution < 1.29 is 4.79 Å². The molecule has 118 valence electrons. The number of benzene rings is 1. The lowest BCUT2D eigenvalue weighted by Crippen LogP contribution is -2.24. The normalized spacial score (nSPS) is 10.0. The summed E-state index contributed by atoms with van der Waals surface area (Å²) in [6.07, 6.45) is 0. The summed E-state index contributed by atoms with van der Waals surface area (Å²) in [6.45, 7) is 3.45. The standard InChI is InChI=1S/C17H19N5O/c1-4-22(16-10-9-15(11-18)19-20-16)12-13-5-7-14(8-6-13)17(23)21(2)3/h5-10H,4,12H2,1-3H3. The second-order valence-corrected chi connectivity index (χ2v) is 5.30. The Morgan fingerprint density at radius 3 is 2.30 bits per heavy atom. The predicted octanol–water partition coefficient (Wildman–Crippen LogP) is 2.08. The molecule has 0 radical (unpaired) electrons. The van der Waals surface area contributed by atoms with Crippen LogP contribution in [0.4, 0.5) is 5.82 Å². The highest BCUT2D eigenvalue weighted by molar-refractivity contribution is 5.93. The van der Waals surface area contributed by atoms with Crippen LogP contribution in [0.15, 0.2) is 36.4 Å². The summed E-state index contributed by atoms with van der Waals surface area (Å²) in [4.78, 5) is 15.5. The van der Waals surface area contributed by atoms with Crippen LogP contribution in [-0.2, 0) is 6.54 Å². The van der Waals surface area contributed by atoms with Gasteiger partial charge in [-0.3, -0.25) is 4.79 Å². The number of carbonyl (C=O) groups is 1. The van der Waals surface area contributed by atoms with Gasteiger partial charge in [-0.15, -0.1) is 10.2 Å². The zero-order chi connectivity index (χ0) is 16.8. The molecule has 1 amide bonds. The quantitative estimate of drug-likeness (QED) is 0.845. The first-order valence-electron chi connectivity index (χ1n) is 7.34. The molecule has 0 unspecified atom stereocenters. The smallest absolute Gasteiger partial charge is 0.253 e. The molecule has 0 atom stereocenters. The molecule has 0 spiro atoms. The van der Waals surface area contributed by atoms with Crippen LogP contribution >= 0.6 is 0 Å². The lowest BCUT2D eigenvalue weighted by atomic mass is 10.1. The number of anilines is 1. The van der Waals surface area contributed by atoms with E-state index in [0.717, 1.165) is 17.9 Å². The topological polar surface area (TPSA) is 73.1 Å². The van der Waals surface area contributed by atoms with E-state index < -0.39 is 0 Å². The Kier molecular flexibility index (Phi) is 5.26.